The molecule has 5 nitrogen and oxygen atoms in total. The van der Waals surface area contributed by atoms with Crippen LogP contribution in [-0.2, 0) is 0 Å². The van der Waals surface area contributed by atoms with Crippen LogP contribution in [0.5, 0.6) is 0 Å². The fourth-order valence-electron chi connectivity index (χ4n) is 4.61. The summed E-state index contributed by atoms with van der Waals surface area (Å²) in [6.45, 7) is 2.13. The lowest BCUT2D eigenvalue weighted by Gasteiger charge is -2.28. The third-order valence-electron chi connectivity index (χ3n) is 5.94. The molecule has 1 aromatic heterocycles. The molecule has 4 rings (SSSR count). The highest BCUT2D eigenvalue weighted by Gasteiger charge is 2.42. The van der Waals surface area contributed by atoms with Gasteiger partial charge in [-0.2, -0.15) is 0 Å². The molecule has 2 fully saturated rings. The van der Waals surface area contributed by atoms with E-state index in [1.165, 1.54) is 31.9 Å². The molecule has 2 amide bonds. The van der Waals surface area contributed by atoms with Gasteiger partial charge in [0.2, 0.25) is 0 Å². The molecule has 136 valence electrons. The van der Waals surface area contributed by atoms with Crippen LogP contribution in [0.4, 0.5) is 5.69 Å². The van der Waals surface area contributed by atoms with Crippen molar-refractivity contribution in [2.75, 3.05) is 5.32 Å². The van der Waals surface area contributed by atoms with Crippen molar-refractivity contribution in [3.8, 4) is 0 Å². The Bertz CT molecular complexity index is 782. The summed E-state index contributed by atoms with van der Waals surface area (Å²) in [4.78, 5) is 24.5. The van der Waals surface area contributed by atoms with Crippen molar-refractivity contribution in [3.05, 3.63) is 54.0 Å². The van der Waals surface area contributed by atoms with E-state index in [9.17, 15) is 9.59 Å². The van der Waals surface area contributed by atoms with E-state index in [0.717, 1.165) is 11.8 Å². The summed E-state index contributed by atoms with van der Waals surface area (Å²) in [5, 5.41) is 5.91. The molecule has 1 aromatic carbocycles. The van der Waals surface area contributed by atoms with Crippen LogP contribution >= 0.6 is 0 Å². The van der Waals surface area contributed by atoms with Gasteiger partial charge < -0.3 is 15.1 Å². The first-order valence-electron chi connectivity index (χ1n) is 9.36. The van der Waals surface area contributed by atoms with E-state index in [0.29, 0.717) is 17.2 Å². The summed E-state index contributed by atoms with van der Waals surface area (Å²) in [6.07, 6.45) is 6.74. The Morgan fingerprint density at radius 2 is 1.88 bits per heavy atom. The zero-order valence-electron chi connectivity index (χ0n) is 14.9. The second kappa shape index (κ2) is 6.98. The zero-order chi connectivity index (χ0) is 18.1. The molecule has 4 atom stereocenters. The van der Waals surface area contributed by atoms with Crippen molar-refractivity contribution in [2.45, 2.75) is 38.6 Å². The van der Waals surface area contributed by atoms with Gasteiger partial charge in [-0.05, 0) is 80.3 Å². The number of amides is 2. The normalized spacial score (nSPS) is 25.0. The summed E-state index contributed by atoms with van der Waals surface area (Å²) in [7, 11) is 0. The van der Waals surface area contributed by atoms with Gasteiger partial charge in [0.25, 0.3) is 11.8 Å². The highest BCUT2D eigenvalue weighted by Crippen LogP contribution is 2.49. The first-order valence-corrected chi connectivity index (χ1v) is 9.36. The minimum atomic E-state index is -0.308. The van der Waals surface area contributed by atoms with Crippen LogP contribution in [0.2, 0.25) is 0 Å². The van der Waals surface area contributed by atoms with Gasteiger partial charge in [-0.1, -0.05) is 6.42 Å². The summed E-state index contributed by atoms with van der Waals surface area (Å²) in [5.41, 5.74) is 1.24. The van der Waals surface area contributed by atoms with E-state index in [4.69, 9.17) is 4.42 Å². The lowest BCUT2D eigenvalue weighted by Crippen LogP contribution is -2.40. The third-order valence-corrected chi connectivity index (χ3v) is 5.94. The third kappa shape index (κ3) is 3.39. The summed E-state index contributed by atoms with van der Waals surface area (Å²) in [5.74, 6) is 2.17. The molecule has 0 aliphatic heterocycles. The predicted octanol–water partition coefficient (Wildman–Crippen LogP) is 4.09. The molecule has 2 aliphatic carbocycles. The van der Waals surface area contributed by atoms with Gasteiger partial charge in [0.15, 0.2) is 5.76 Å². The number of hydrogen-bond donors (Lipinski definition) is 2. The van der Waals surface area contributed by atoms with Crippen molar-refractivity contribution in [1.82, 2.24) is 5.32 Å². The molecule has 1 heterocycles. The number of fused-ring (bicyclic) bond motifs is 2. The Balaban J connectivity index is 1.34. The zero-order valence-corrected chi connectivity index (χ0v) is 14.9. The minimum Gasteiger partial charge on any atom is -0.459 e. The maximum atomic E-state index is 12.5. The second-order valence-corrected chi connectivity index (χ2v) is 7.61. The Labute approximate surface area is 153 Å². The van der Waals surface area contributed by atoms with Crippen molar-refractivity contribution in [3.63, 3.8) is 0 Å². The SMILES string of the molecule is C[C@H](NC(=O)c1ccc(NC(=O)c2ccco2)cc1)[C@@H]1C[C@H]2CC[C@H]1C2. The largest absolute Gasteiger partial charge is 0.459 e. The van der Waals surface area contributed by atoms with Gasteiger partial charge in [0, 0.05) is 17.3 Å². The lowest BCUT2D eigenvalue weighted by molar-refractivity contribution is 0.0915. The molecule has 2 bridgehead atoms. The van der Waals surface area contributed by atoms with Gasteiger partial charge in [-0.15, -0.1) is 0 Å². The average Bonchev–Trinajstić information content (AvgIpc) is 3.39. The number of rotatable bonds is 5. The van der Waals surface area contributed by atoms with Crippen LogP contribution in [-0.4, -0.2) is 17.9 Å². The number of carbonyl (C=O) groups is 2. The van der Waals surface area contributed by atoms with Gasteiger partial charge in [-0.25, -0.2) is 0 Å². The summed E-state index contributed by atoms with van der Waals surface area (Å²) < 4.78 is 5.07. The smallest absolute Gasteiger partial charge is 0.291 e. The Hall–Kier alpha value is -2.56. The van der Waals surface area contributed by atoms with Crippen LogP contribution in [0.15, 0.2) is 47.1 Å². The molecule has 2 saturated carbocycles. The van der Waals surface area contributed by atoms with Crippen molar-refractivity contribution in [1.29, 1.82) is 0 Å². The molecule has 2 aromatic rings. The van der Waals surface area contributed by atoms with Crippen molar-refractivity contribution < 1.29 is 14.0 Å². The van der Waals surface area contributed by atoms with Crippen LogP contribution in [0.25, 0.3) is 0 Å². The quantitative estimate of drug-likeness (QED) is 0.851. The van der Waals surface area contributed by atoms with E-state index in [1.807, 2.05) is 0 Å². The average molecular weight is 352 g/mol. The van der Waals surface area contributed by atoms with Crippen LogP contribution in [0.3, 0.4) is 0 Å². The number of anilines is 1. The first-order chi connectivity index (χ1) is 12.6. The molecular weight excluding hydrogens is 328 g/mol. The van der Waals surface area contributed by atoms with E-state index in [1.54, 1.807) is 36.4 Å². The topological polar surface area (TPSA) is 71.3 Å². The van der Waals surface area contributed by atoms with E-state index in [-0.39, 0.29) is 23.6 Å². The Morgan fingerprint density at radius 1 is 1.08 bits per heavy atom. The predicted molar refractivity (Wildman–Crippen MR) is 99.0 cm³/mol. The molecule has 2 aliphatic rings. The number of benzene rings is 1. The summed E-state index contributed by atoms with van der Waals surface area (Å²) in [6, 6.07) is 10.4. The van der Waals surface area contributed by atoms with Gasteiger partial charge in [0.1, 0.15) is 0 Å². The van der Waals surface area contributed by atoms with Crippen molar-refractivity contribution in [2.24, 2.45) is 17.8 Å². The highest BCUT2D eigenvalue weighted by atomic mass is 16.3. The fourth-order valence-corrected chi connectivity index (χ4v) is 4.61. The molecular formula is C21H24N2O3. The van der Waals surface area contributed by atoms with E-state index in [2.05, 4.69) is 17.6 Å². The van der Waals surface area contributed by atoms with E-state index < -0.39 is 0 Å². The van der Waals surface area contributed by atoms with Crippen LogP contribution in [0.1, 0.15) is 53.5 Å². The molecule has 0 unspecified atom stereocenters. The van der Waals surface area contributed by atoms with Gasteiger partial charge >= 0.3 is 0 Å². The maximum Gasteiger partial charge on any atom is 0.291 e. The standard InChI is InChI=1S/C21H24N2O3/c1-13(18-12-14-4-5-16(18)11-14)22-20(24)15-6-8-17(9-7-15)23-21(25)19-3-2-10-26-19/h2-3,6-10,13-14,16,18H,4-5,11-12H2,1H3,(H,22,24)(H,23,25)/t13-,14-,16-,18-/m0/s1. The fraction of sp³-hybridized carbons (Fsp3) is 0.429. The monoisotopic (exact) mass is 352 g/mol. The molecule has 0 saturated heterocycles. The number of furan rings is 1. The Kier molecular flexibility index (Phi) is 4.53. The van der Waals surface area contributed by atoms with Crippen molar-refractivity contribution >= 4 is 17.5 Å². The second-order valence-electron chi connectivity index (χ2n) is 7.61. The molecule has 5 heteroatoms. The first kappa shape index (κ1) is 16.9. The number of hydrogen-bond acceptors (Lipinski definition) is 3. The molecule has 0 radical (unpaired) electrons. The molecule has 2 N–H and O–H groups in total. The van der Waals surface area contributed by atoms with Crippen LogP contribution in [0, 0.1) is 17.8 Å². The maximum absolute atomic E-state index is 12.5. The summed E-state index contributed by atoms with van der Waals surface area (Å²) >= 11 is 0. The van der Waals surface area contributed by atoms with E-state index >= 15 is 0 Å². The Morgan fingerprint density at radius 3 is 2.50 bits per heavy atom. The molecule has 26 heavy (non-hydrogen) atoms. The number of nitrogens with one attached hydrogen (secondary N) is 2. The van der Waals surface area contributed by atoms with Gasteiger partial charge in [-0.3, -0.25) is 9.59 Å². The lowest BCUT2D eigenvalue weighted by atomic mass is 9.84. The minimum absolute atomic E-state index is 0.0517. The molecule has 0 spiro atoms. The highest BCUT2D eigenvalue weighted by molar-refractivity contribution is 6.02. The van der Waals surface area contributed by atoms with Crippen LogP contribution < -0.4 is 10.6 Å². The number of carbonyl (C=O) groups excluding carboxylic acids is 2. The van der Waals surface area contributed by atoms with Gasteiger partial charge in [0.05, 0.1) is 6.26 Å².